The van der Waals surface area contributed by atoms with Gasteiger partial charge in [0.2, 0.25) is 6.41 Å². The first kappa shape index (κ1) is 17.1. The quantitative estimate of drug-likeness (QED) is 0.667. The molecule has 1 saturated heterocycles. The van der Waals surface area contributed by atoms with Crippen LogP contribution in [0.5, 0.6) is 5.75 Å². The van der Waals surface area contributed by atoms with Gasteiger partial charge in [-0.2, -0.15) is 0 Å². The summed E-state index contributed by atoms with van der Waals surface area (Å²) in [6, 6.07) is 7.70. The zero-order chi connectivity index (χ0) is 16.8. The summed E-state index contributed by atoms with van der Waals surface area (Å²) in [5.41, 5.74) is 1.12. The van der Waals surface area contributed by atoms with Crippen LogP contribution in [0.3, 0.4) is 0 Å². The van der Waals surface area contributed by atoms with E-state index < -0.39 is 6.23 Å². The Kier molecular flexibility index (Phi) is 5.84. The highest BCUT2D eigenvalue weighted by atomic mass is 16.5. The van der Waals surface area contributed by atoms with E-state index in [-0.39, 0.29) is 6.03 Å². The third kappa shape index (κ3) is 4.61. The monoisotopic (exact) mass is 319 g/mol. The van der Waals surface area contributed by atoms with E-state index in [1.165, 1.54) is 0 Å². The lowest BCUT2D eigenvalue weighted by Gasteiger charge is -2.33. The molecule has 0 bridgehead atoms. The van der Waals surface area contributed by atoms with E-state index in [1.54, 1.807) is 9.80 Å². The van der Waals surface area contributed by atoms with Gasteiger partial charge in [-0.25, -0.2) is 4.79 Å². The van der Waals surface area contributed by atoms with Gasteiger partial charge in [-0.3, -0.25) is 4.79 Å². The number of carbonyl (C=O) groups is 2. The molecule has 1 N–H and O–H groups in total. The summed E-state index contributed by atoms with van der Waals surface area (Å²) < 4.78 is 5.89. The van der Waals surface area contributed by atoms with Gasteiger partial charge in [0.15, 0.2) is 6.23 Å². The zero-order valence-corrected chi connectivity index (χ0v) is 14.0. The van der Waals surface area contributed by atoms with Crippen LogP contribution in [0.1, 0.15) is 32.3 Å². The lowest BCUT2D eigenvalue weighted by molar-refractivity contribution is -0.119. The number of hydrogen-bond acceptors (Lipinski definition) is 3. The van der Waals surface area contributed by atoms with Gasteiger partial charge >= 0.3 is 6.03 Å². The van der Waals surface area contributed by atoms with Crippen LogP contribution in [0.4, 0.5) is 4.79 Å². The minimum Gasteiger partial charge on any atom is -0.471 e. The smallest absolute Gasteiger partial charge is 0.320 e. The van der Waals surface area contributed by atoms with Crippen LogP contribution in [0, 0.1) is 0 Å². The number of benzene rings is 1. The van der Waals surface area contributed by atoms with Crippen molar-refractivity contribution in [2.45, 2.75) is 32.9 Å². The highest BCUT2D eigenvalue weighted by molar-refractivity contribution is 5.74. The predicted octanol–water partition coefficient (Wildman–Crippen LogP) is 2.02. The molecular weight excluding hydrogens is 294 g/mol. The minimum absolute atomic E-state index is 0.162. The predicted molar refractivity (Wildman–Crippen MR) is 88.4 cm³/mol. The molecule has 0 saturated carbocycles. The highest BCUT2D eigenvalue weighted by Gasteiger charge is 2.21. The number of amides is 3. The van der Waals surface area contributed by atoms with Crippen LogP contribution in [0.15, 0.2) is 24.3 Å². The minimum atomic E-state index is -0.425. The van der Waals surface area contributed by atoms with Crippen LogP contribution in [-0.2, 0) is 4.79 Å². The van der Waals surface area contributed by atoms with Gasteiger partial charge in [0.1, 0.15) is 5.75 Å². The molecule has 23 heavy (non-hydrogen) atoms. The average Bonchev–Trinajstić information content (AvgIpc) is 2.55. The molecule has 1 aliphatic rings. The molecule has 1 aliphatic heterocycles. The van der Waals surface area contributed by atoms with Gasteiger partial charge in [0, 0.05) is 26.2 Å². The van der Waals surface area contributed by atoms with Crippen molar-refractivity contribution in [3.63, 3.8) is 0 Å². The van der Waals surface area contributed by atoms with Gasteiger partial charge in [-0.05, 0) is 24.5 Å². The number of hydrogen-bond donors (Lipinski definition) is 1. The zero-order valence-electron chi connectivity index (χ0n) is 14.0. The molecular formula is C17H25N3O3. The first-order valence-electron chi connectivity index (χ1n) is 8.01. The summed E-state index contributed by atoms with van der Waals surface area (Å²) in [4.78, 5) is 26.3. The molecule has 2 rings (SSSR count). The first-order valence-corrected chi connectivity index (χ1v) is 8.01. The third-order valence-corrected chi connectivity index (χ3v) is 3.92. The van der Waals surface area contributed by atoms with Gasteiger partial charge in [-0.15, -0.1) is 0 Å². The Morgan fingerprint density at radius 2 is 1.83 bits per heavy atom. The van der Waals surface area contributed by atoms with Crippen LogP contribution in [0.25, 0.3) is 0 Å². The summed E-state index contributed by atoms with van der Waals surface area (Å²) >= 11 is 0. The topological polar surface area (TPSA) is 61.9 Å². The number of rotatable bonds is 5. The van der Waals surface area contributed by atoms with Gasteiger partial charge in [0.05, 0.1) is 0 Å². The van der Waals surface area contributed by atoms with Crippen molar-refractivity contribution in [3.05, 3.63) is 29.8 Å². The Hall–Kier alpha value is -2.24. The molecule has 1 heterocycles. The molecule has 0 radical (unpaired) electrons. The first-order chi connectivity index (χ1) is 11.0. The summed E-state index contributed by atoms with van der Waals surface area (Å²) in [6.07, 6.45) is 0.399. The standard InChI is InChI=1S/C17H25N3O3/c1-13(2)15-6-4-5-7-16(15)23-14(3)18-17(22)20-10-8-19(12-21)9-11-20/h4-7,12-14H,8-11H2,1-3H3,(H,18,22). The molecule has 6 heteroatoms. The van der Waals surface area contributed by atoms with Crippen LogP contribution in [-0.4, -0.2) is 54.6 Å². The van der Waals surface area contributed by atoms with E-state index >= 15 is 0 Å². The van der Waals surface area contributed by atoms with Crippen LogP contribution < -0.4 is 10.1 Å². The Labute approximate surface area is 137 Å². The SMILES string of the molecule is CC(NC(=O)N1CCN(C=O)CC1)Oc1ccccc1C(C)C. The molecule has 1 unspecified atom stereocenters. The maximum absolute atomic E-state index is 12.2. The lowest BCUT2D eigenvalue weighted by Crippen LogP contribution is -2.53. The second-order valence-electron chi connectivity index (χ2n) is 6.03. The van der Waals surface area contributed by atoms with Gasteiger partial charge in [0.25, 0.3) is 0 Å². The molecule has 126 valence electrons. The van der Waals surface area contributed by atoms with Crippen molar-refractivity contribution >= 4 is 12.4 Å². The van der Waals surface area contributed by atoms with E-state index in [0.717, 1.165) is 17.7 Å². The third-order valence-electron chi connectivity index (χ3n) is 3.92. The lowest BCUT2D eigenvalue weighted by atomic mass is 10.0. The number of para-hydroxylation sites is 1. The molecule has 0 spiro atoms. The largest absolute Gasteiger partial charge is 0.471 e. The van der Waals surface area contributed by atoms with Crippen molar-refractivity contribution < 1.29 is 14.3 Å². The Morgan fingerprint density at radius 3 is 2.43 bits per heavy atom. The van der Waals surface area contributed by atoms with Gasteiger partial charge < -0.3 is 19.9 Å². The second kappa shape index (κ2) is 7.85. The normalized spacial score (nSPS) is 16.2. The Balaban J connectivity index is 1.88. The number of nitrogens with one attached hydrogen (secondary N) is 1. The summed E-state index contributed by atoms with van der Waals surface area (Å²) in [5.74, 6) is 1.14. The Bertz CT molecular complexity index is 540. The van der Waals surface area contributed by atoms with Crippen molar-refractivity contribution in [2.75, 3.05) is 26.2 Å². The van der Waals surface area contributed by atoms with E-state index in [0.29, 0.717) is 32.1 Å². The number of urea groups is 1. The fourth-order valence-electron chi connectivity index (χ4n) is 2.58. The summed E-state index contributed by atoms with van der Waals surface area (Å²) in [7, 11) is 0. The van der Waals surface area contributed by atoms with Gasteiger partial charge in [-0.1, -0.05) is 32.0 Å². The number of nitrogens with zero attached hydrogens (tertiary/aromatic N) is 2. The molecule has 1 atom stereocenters. The van der Waals surface area contributed by atoms with Crippen molar-refractivity contribution in [1.29, 1.82) is 0 Å². The average molecular weight is 319 g/mol. The fourth-order valence-corrected chi connectivity index (χ4v) is 2.58. The molecule has 0 aliphatic carbocycles. The van der Waals surface area contributed by atoms with Crippen molar-refractivity contribution in [1.82, 2.24) is 15.1 Å². The molecule has 3 amide bonds. The molecule has 1 fully saturated rings. The van der Waals surface area contributed by atoms with E-state index in [4.69, 9.17) is 4.74 Å². The van der Waals surface area contributed by atoms with E-state index in [2.05, 4.69) is 19.2 Å². The molecule has 1 aromatic rings. The summed E-state index contributed by atoms with van der Waals surface area (Å²) in [5, 5.41) is 2.85. The van der Waals surface area contributed by atoms with Crippen molar-refractivity contribution in [2.24, 2.45) is 0 Å². The maximum Gasteiger partial charge on any atom is 0.320 e. The molecule has 0 aromatic heterocycles. The van der Waals surface area contributed by atoms with Crippen molar-refractivity contribution in [3.8, 4) is 5.75 Å². The number of piperazine rings is 1. The molecule has 6 nitrogen and oxygen atoms in total. The maximum atomic E-state index is 12.2. The fraction of sp³-hybridized carbons (Fsp3) is 0.529. The Morgan fingerprint density at radius 1 is 1.17 bits per heavy atom. The van der Waals surface area contributed by atoms with Crippen LogP contribution >= 0.6 is 0 Å². The number of carbonyl (C=O) groups excluding carboxylic acids is 2. The second-order valence-corrected chi connectivity index (χ2v) is 6.03. The van der Waals surface area contributed by atoms with Crippen LogP contribution in [0.2, 0.25) is 0 Å². The number of ether oxygens (including phenoxy) is 1. The van der Waals surface area contributed by atoms with E-state index in [1.807, 2.05) is 31.2 Å². The highest BCUT2D eigenvalue weighted by Crippen LogP contribution is 2.26. The molecule has 1 aromatic carbocycles. The summed E-state index contributed by atoms with van der Waals surface area (Å²) in [6.45, 7) is 8.26. The van der Waals surface area contributed by atoms with E-state index in [9.17, 15) is 9.59 Å².